The molecular formula is C11H17N3O. The fraction of sp³-hybridized carbons (Fsp3) is 0.545. The largest absolute Gasteiger partial charge is 0.385 e. The van der Waals surface area contributed by atoms with Gasteiger partial charge in [-0.2, -0.15) is 0 Å². The van der Waals surface area contributed by atoms with E-state index in [0.717, 1.165) is 25.2 Å². The van der Waals surface area contributed by atoms with Gasteiger partial charge in [-0.25, -0.2) is 0 Å². The van der Waals surface area contributed by atoms with Crippen molar-refractivity contribution in [3.05, 3.63) is 28.0 Å². The Morgan fingerprint density at radius 1 is 1.27 bits per heavy atom. The molecule has 1 aliphatic heterocycles. The molecule has 0 aliphatic carbocycles. The molecule has 0 unspecified atom stereocenters. The molecule has 0 aromatic carbocycles. The summed E-state index contributed by atoms with van der Waals surface area (Å²) in [7, 11) is 0. The number of hydrogen-bond acceptors (Lipinski definition) is 3. The third-order valence-electron chi connectivity index (χ3n) is 2.88. The van der Waals surface area contributed by atoms with Gasteiger partial charge in [-0.3, -0.25) is 9.69 Å². The Bertz CT molecular complexity index is 380. The maximum atomic E-state index is 11.0. The van der Waals surface area contributed by atoms with E-state index in [4.69, 9.17) is 5.73 Å². The van der Waals surface area contributed by atoms with Gasteiger partial charge in [-0.15, -0.1) is 0 Å². The van der Waals surface area contributed by atoms with Crippen molar-refractivity contribution in [3.8, 4) is 0 Å². The van der Waals surface area contributed by atoms with Crippen molar-refractivity contribution in [1.82, 2.24) is 9.88 Å². The van der Waals surface area contributed by atoms with Gasteiger partial charge in [-0.1, -0.05) is 6.42 Å². The van der Waals surface area contributed by atoms with Crippen molar-refractivity contribution < 1.29 is 0 Å². The lowest BCUT2D eigenvalue weighted by molar-refractivity contribution is 0.221. The lowest BCUT2D eigenvalue weighted by atomic mass is 10.1. The van der Waals surface area contributed by atoms with Crippen molar-refractivity contribution in [2.24, 2.45) is 0 Å². The van der Waals surface area contributed by atoms with Crippen molar-refractivity contribution in [2.45, 2.75) is 25.8 Å². The third kappa shape index (κ3) is 2.59. The Balaban J connectivity index is 2.06. The summed E-state index contributed by atoms with van der Waals surface area (Å²) in [6, 6.07) is 3.36. The Kier molecular flexibility index (Phi) is 3.06. The van der Waals surface area contributed by atoms with Gasteiger partial charge in [0.25, 0.3) is 0 Å². The number of nitrogens with zero attached hydrogens (tertiary/aromatic N) is 1. The van der Waals surface area contributed by atoms with Gasteiger partial charge in [0.05, 0.1) is 0 Å². The van der Waals surface area contributed by atoms with E-state index in [-0.39, 0.29) is 5.56 Å². The number of nitrogens with one attached hydrogen (secondary N) is 1. The van der Waals surface area contributed by atoms with Crippen LogP contribution in [0.5, 0.6) is 0 Å². The van der Waals surface area contributed by atoms with Crippen LogP contribution in [0.4, 0.5) is 5.82 Å². The minimum atomic E-state index is -0.130. The molecule has 0 atom stereocenters. The molecular weight excluding hydrogens is 190 g/mol. The zero-order chi connectivity index (χ0) is 10.7. The summed E-state index contributed by atoms with van der Waals surface area (Å²) >= 11 is 0. The van der Waals surface area contributed by atoms with Crippen molar-refractivity contribution >= 4 is 5.82 Å². The molecule has 1 fully saturated rings. The first-order valence-corrected chi connectivity index (χ1v) is 5.46. The van der Waals surface area contributed by atoms with E-state index < -0.39 is 0 Å². The van der Waals surface area contributed by atoms with E-state index in [0.29, 0.717) is 5.82 Å². The summed E-state index contributed by atoms with van der Waals surface area (Å²) < 4.78 is 0. The highest BCUT2D eigenvalue weighted by molar-refractivity contribution is 5.38. The van der Waals surface area contributed by atoms with Crippen LogP contribution in [0.15, 0.2) is 16.9 Å². The molecule has 1 aromatic heterocycles. The average Bonchev–Trinajstić information content (AvgIpc) is 2.24. The zero-order valence-corrected chi connectivity index (χ0v) is 8.83. The second kappa shape index (κ2) is 4.49. The van der Waals surface area contributed by atoms with Gasteiger partial charge in [-0.05, 0) is 32.0 Å². The van der Waals surface area contributed by atoms with Crippen LogP contribution < -0.4 is 11.3 Å². The normalized spacial score (nSPS) is 17.9. The van der Waals surface area contributed by atoms with Crippen LogP contribution in [0, 0.1) is 0 Å². The van der Waals surface area contributed by atoms with E-state index in [9.17, 15) is 4.79 Å². The highest BCUT2D eigenvalue weighted by Crippen LogP contribution is 2.14. The fourth-order valence-electron chi connectivity index (χ4n) is 2.02. The van der Waals surface area contributed by atoms with Gasteiger partial charge >= 0.3 is 0 Å². The minimum absolute atomic E-state index is 0.130. The predicted molar refractivity (Wildman–Crippen MR) is 60.6 cm³/mol. The van der Waals surface area contributed by atoms with E-state index in [1.165, 1.54) is 25.3 Å². The maximum Gasteiger partial charge on any atom is 0.249 e. The first kappa shape index (κ1) is 10.2. The number of nitrogens with two attached hydrogens (primary N) is 1. The standard InChI is InChI=1S/C11H17N3O/c12-11-9(4-5-10(15)13-11)8-14-6-2-1-3-7-14/h4-5H,1-3,6-8H2,(H3,12,13,15). The number of anilines is 1. The average molecular weight is 207 g/mol. The van der Waals surface area contributed by atoms with E-state index >= 15 is 0 Å². The molecule has 82 valence electrons. The van der Waals surface area contributed by atoms with Gasteiger partial charge < -0.3 is 10.7 Å². The molecule has 2 rings (SSSR count). The van der Waals surface area contributed by atoms with Crippen LogP contribution in [0.3, 0.4) is 0 Å². The number of H-pyrrole nitrogens is 1. The van der Waals surface area contributed by atoms with E-state index in [2.05, 4.69) is 9.88 Å². The van der Waals surface area contributed by atoms with Crippen LogP contribution in [0.2, 0.25) is 0 Å². The molecule has 1 aliphatic rings. The first-order valence-electron chi connectivity index (χ1n) is 5.46. The lowest BCUT2D eigenvalue weighted by Gasteiger charge is -2.26. The van der Waals surface area contributed by atoms with Crippen LogP contribution >= 0.6 is 0 Å². The fourth-order valence-corrected chi connectivity index (χ4v) is 2.02. The topological polar surface area (TPSA) is 62.1 Å². The zero-order valence-electron chi connectivity index (χ0n) is 8.83. The Labute approximate surface area is 89.1 Å². The van der Waals surface area contributed by atoms with Crippen LogP contribution in [-0.4, -0.2) is 23.0 Å². The lowest BCUT2D eigenvalue weighted by Crippen LogP contribution is -2.29. The number of pyridine rings is 1. The molecule has 2 heterocycles. The first-order chi connectivity index (χ1) is 7.25. The number of piperidine rings is 1. The second-order valence-electron chi connectivity index (χ2n) is 4.10. The molecule has 4 heteroatoms. The summed E-state index contributed by atoms with van der Waals surface area (Å²) in [5.41, 5.74) is 6.65. The number of rotatable bonds is 2. The highest BCUT2D eigenvalue weighted by Gasteiger charge is 2.11. The summed E-state index contributed by atoms with van der Waals surface area (Å²) in [4.78, 5) is 16.0. The van der Waals surface area contributed by atoms with Crippen molar-refractivity contribution in [3.63, 3.8) is 0 Å². The Morgan fingerprint density at radius 2 is 2.00 bits per heavy atom. The van der Waals surface area contributed by atoms with Gasteiger partial charge in [0.15, 0.2) is 0 Å². The van der Waals surface area contributed by atoms with Gasteiger partial charge in [0.2, 0.25) is 5.56 Å². The van der Waals surface area contributed by atoms with Crippen molar-refractivity contribution in [2.75, 3.05) is 18.8 Å². The quantitative estimate of drug-likeness (QED) is 0.758. The van der Waals surface area contributed by atoms with Gasteiger partial charge in [0, 0.05) is 18.2 Å². The van der Waals surface area contributed by atoms with Crippen molar-refractivity contribution in [1.29, 1.82) is 0 Å². The monoisotopic (exact) mass is 207 g/mol. The summed E-state index contributed by atoms with van der Waals surface area (Å²) in [5.74, 6) is 0.507. The Hall–Kier alpha value is -1.29. The van der Waals surface area contributed by atoms with Crippen LogP contribution in [0.25, 0.3) is 0 Å². The summed E-state index contributed by atoms with van der Waals surface area (Å²) in [6.45, 7) is 3.12. The molecule has 0 saturated carbocycles. The number of nitrogen functional groups attached to an aromatic ring is 1. The SMILES string of the molecule is Nc1[nH]c(=O)ccc1CN1CCCCC1. The molecule has 1 saturated heterocycles. The highest BCUT2D eigenvalue weighted by atomic mass is 16.1. The van der Waals surface area contributed by atoms with Crippen LogP contribution in [0.1, 0.15) is 24.8 Å². The number of aromatic amines is 1. The molecule has 0 radical (unpaired) electrons. The molecule has 0 bridgehead atoms. The predicted octanol–water partition coefficient (Wildman–Crippen LogP) is 0.943. The van der Waals surface area contributed by atoms with Gasteiger partial charge in [0.1, 0.15) is 5.82 Å². The summed E-state index contributed by atoms with van der Waals surface area (Å²) in [5, 5.41) is 0. The maximum absolute atomic E-state index is 11.0. The molecule has 15 heavy (non-hydrogen) atoms. The molecule has 3 N–H and O–H groups in total. The minimum Gasteiger partial charge on any atom is -0.385 e. The number of aromatic nitrogens is 1. The Morgan fingerprint density at radius 3 is 2.67 bits per heavy atom. The molecule has 1 aromatic rings. The van der Waals surface area contributed by atoms with E-state index in [1.807, 2.05) is 6.07 Å². The second-order valence-corrected chi connectivity index (χ2v) is 4.10. The summed E-state index contributed by atoms with van der Waals surface area (Å²) in [6.07, 6.45) is 3.87. The number of hydrogen-bond donors (Lipinski definition) is 2. The number of likely N-dealkylation sites (tertiary alicyclic amines) is 1. The smallest absolute Gasteiger partial charge is 0.249 e. The molecule has 0 spiro atoms. The molecule has 4 nitrogen and oxygen atoms in total. The van der Waals surface area contributed by atoms with E-state index in [1.54, 1.807) is 0 Å². The third-order valence-corrected chi connectivity index (χ3v) is 2.88. The van der Waals surface area contributed by atoms with Crippen LogP contribution in [-0.2, 0) is 6.54 Å². The molecule has 0 amide bonds.